The van der Waals surface area contributed by atoms with Crippen LogP contribution in [-0.4, -0.2) is 18.9 Å². The lowest BCUT2D eigenvalue weighted by molar-refractivity contribution is 0.498. The minimum absolute atomic E-state index is 0.220. The fourth-order valence-corrected chi connectivity index (χ4v) is 3.83. The monoisotopic (exact) mass is 422 g/mol. The van der Waals surface area contributed by atoms with Crippen LogP contribution in [0.25, 0.3) is 22.2 Å². The smallest absolute Gasteiger partial charge is 0.276 e. The lowest BCUT2D eigenvalue weighted by Crippen LogP contribution is -2.38. The maximum absolute atomic E-state index is 12.7. The lowest BCUT2D eigenvalue weighted by Gasteiger charge is -2.10. The Balaban J connectivity index is 1.75. The van der Waals surface area contributed by atoms with E-state index in [0.29, 0.717) is 18.7 Å². The molecule has 2 aromatic carbocycles. The van der Waals surface area contributed by atoms with Crippen LogP contribution < -0.4 is 11.2 Å². The van der Waals surface area contributed by atoms with Crippen LogP contribution in [-0.2, 0) is 20.1 Å². The summed E-state index contributed by atoms with van der Waals surface area (Å²) in [6.45, 7) is 4.89. The number of hydrogen-bond acceptors (Lipinski definition) is 3. The molecule has 0 amide bonds. The molecule has 2 heterocycles. The molecule has 0 saturated carbocycles. The first-order valence-electron chi connectivity index (χ1n) is 9.87. The van der Waals surface area contributed by atoms with E-state index in [0.717, 1.165) is 21.3 Å². The number of halogens is 1. The highest BCUT2D eigenvalue weighted by Gasteiger charge is 2.20. The summed E-state index contributed by atoms with van der Waals surface area (Å²) in [5.74, 6) is 0.220. The van der Waals surface area contributed by atoms with E-state index in [-0.39, 0.29) is 22.1 Å². The van der Waals surface area contributed by atoms with Crippen molar-refractivity contribution in [1.29, 1.82) is 0 Å². The fourth-order valence-electron chi connectivity index (χ4n) is 3.57. The van der Waals surface area contributed by atoms with E-state index in [1.807, 2.05) is 44.2 Å². The Morgan fingerprint density at radius 2 is 1.60 bits per heavy atom. The molecule has 0 aliphatic carbocycles. The van der Waals surface area contributed by atoms with E-state index in [4.69, 9.17) is 11.6 Å². The van der Waals surface area contributed by atoms with Gasteiger partial charge in [0.05, 0.1) is 6.54 Å². The second-order valence-electron chi connectivity index (χ2n) is 7.86. The van der Waals surface area contributed by atoms with Gasteiger partial charge in [0.25, 0.3) is 5.56 Å². The Labute approximate surface area is 179 Å². The Morgan fingerprint density at radius 1 is 0.967 bits per heavy atom. The van der Waals surface area contributed by atoms with E-state index in [1.165, 1.54) is 11.6 Å². The van der Waals surface area contributed by atoms with Crippen LogP contribution in [0.3, 0.4) is 0 Å². The van der Waals surface area contributed by atoms with E-state index >= 15 is 0 Å². The minimum Gasteiger partial charge on any atom is -0.276 e. The van der Waals surface area contributed by atoms with Crippen molar-refractivity contribution < 1.29 is 0 Å². The predicted octanol–water partition coefficient (Wildman–Crippen LogP) is 3.92. The van der Waals surface area contributed by atoms with Crippen molar-refractivity contribution in [2.24, 2.45) is 13.0 Å². The standard InChI is InChI=1S/C23H23ClN4O2/c1-15(2)13-27-21-19(22(29)26(3)23(27)30)20(24)28(25-21)14-16-9-11-18(12-10-16)17-7-5-4-6-8-17/h4-12,15H,13-14H2,1-3H3. The third-order valence-corrected chi connectivity index (χ3v) is 5.49. The van der Waals surface area contributed by atoms with Gasteiger partial charge in [0.15, 0.2) is 5.65 Å². The van der Waals surface area contributed by atoms with Gasteiger partial charge in [-0.15, -0.1) is 0 Å². The number of fused-ring (bicyclic) bond motifs is 1. The molecule has 0 radical (unpaired) electrons. The maximum atomic E-state index is 12.7. The van der Waals surface area contributed by atoms with Crippen LogP contribution >= 0.6 is 11.6 Å². The molecule has 0 aliphatic rings. The number of aromatic nitrogens is 4. The van der Waals surface area contributed by atoms with Gasteiger partial charge in [-0.25, -0.2) is 9.48 Å². The third kappa shape index (κ3) is 3.59. The molecule has 0 atom stereocenters. The molecule has 0 saturated heterocycles. The average Bonchev–Trinajstić information content (AvgIpc) is 3.06. The zero-order valence-electron chi connectivity index (χ0n) is 17.2. The van der Waals surface area contributed by atoms with Gasteiger partial charge in [-0.1, -0.05) is 80.0 Å². The summed E-state index contributed by atoms with van der Waals surface area (Å²) < 4.78 is 4.21. The SMILES string of the molecule is CC(C)Cn1c(=O)n(C)c(=O)c2c(Cl)n(Cc3ccc(-c4ccccc4)cc3)nc21. The van der Waals surface area contributed by atoms with Gasteiger partial charge < -0.3 is 0 Å². The molecule has 154 valence electrons. The van der Waals surface area contributed by atoms with Crippen LogP contribution in [0.15, 0.2) is 64.2 Å². The first-order valence-corrected chi connectivity index (χ1v) is 10.2. The zero-order chi connectivity index (χ0) is 21.4. The highest BCUT2D eigenvalue weighted by atomic mass is 35.5. The van der Waals surface area contributed by atoms with Gasteiger partial charge in [0, 0.05) is 13.6 Å². The molecule has 4 aromatic rings. The molecule has 30 heavy (non-hydrogen) atoms. The van der Waals surface area contributed by atoms with Crippen LogP contribution in [0.2, 0.25) is 5.15 Å². The third-order valence-electron chi connectivity index (χ3n) is 5.11. The van der Waals surface area contributed by atoms with Crippen molar-refractivity contribution in [3.05, 3.63) is 86.2 Å². The lowest BCUT2D eigenvalue weighted by atomic mass is 10.0. The van der Waals surface area contributed by atoms with Crippen molar-refractivity contribution >= 4 is 22.6 Å². The zero-order valence-corrected chi connectivity index (χ0v) is 17.9. The van der Waals surface area contributed by atoms with Gasteiger partial charge in [-0.2, -0.15) is 5.10 Å². The topological polar surface area (TPSA) is 61.8 Å². The molecule has 4 rings (SSSR count). The number of nitrogens with zero attached hydrogens (tertiary/aromatic N) is 4. The molecule has 0 unspecified atom stereocenters. The van der Waals surface area contributed by atoms with Crippen molar-refractivity contribution in [2.45, 2.75) is 26.9 Å². The van der Waals surface area contributed by atoms with Gasteiger partial charge in [-0.3, -0.25) is 13.9 Å². The largest absolute Gasteiger partial charge is 0.332 e. The fraction of sp³-hybridized carbons (Fsp3) is 0.261. The van der Waals surface area contributed by atoms with Crippen molar-refractivity contribution in [1.82, 2.24) is 18.9 Å². The van der Waals surface area contributed by atoms with Gasteiger partial charge in [0.2, 0.25) is 0 Å². The van der Waals surface area contributed by atoms with Crippen LogP contribution in [0.5, 0.6) is 0 Å². The first kappa shape index (κ1) is 20.2. The Hall–Kier alpha value is -3.12. The average molecular weight is 423 g/mol. The van der Waals surface area contributed by atoms with Crippen LogP contribution in [0.1, 0.15) is 19.4 Å². The number of hydrogen-bond donors (Lipinski definition) is 0. The van der Waals surface area contributed by atoms with Crippen molar-refractivity contribution in [3.8, 4) is 11.1 Å². The number of benzene rings is 2. The summed E-state index contributed by atoms with van der Waals surface area (Å²) >= 11 is 6.54. The highest BCUT2D eigenvalue weighted by Crippen LogP contribution is 2.23. The van der Waals surface area contributed by atoms with Crippen LogP contribution in [0.4, 0.5) is 0 Å². The normalized spacial score (nSPS) is 11.5. The van der Waals surface area contributed by atoms with Crippen LogP contribution in [0, 0.1) is 5.92 Å². The molecule has 0 fully saturated rings. The second-order valence-corrected chi connectivity index (χ2v) is 8.22. The molecular weight excluding hydrogens is 400 g/mol. The van der Waals surface area contributed by atoms with E-state index in [1.54, 1.807) is 4.68 Å². The second kappa shape index (κ2) is 7.95. The molecule has 2 aromatic heterocycles. The van der Waals surface area contributed by atoms with E-state index < -0.39 is 5.56 Å². The summed E-state index contributed by atoms with van der Waals surface area (Å²) in [6.07, 6.45) is 0. The molecule has 7 heteroatoms. The Morgan fingerprint density at radius 3 is 2.23 bits per heavy atom. The van der Waals surface area contributed by atoms with E-state index in [2.05, 4.69) is 29.4 Å². The maximum Gasteiger partial charge on any atom is 0.332 e. The Bertz CT molecular complexity index is 1320. The van der Waals surface area contributed by atoms with Gasteiger partial charge in [0.1, 0.15) is 10.5 Å². The van der Waals surface area contributed by atoms with Crippen molar-refractivity contribution in [3.63, 3.8) is 0 Å². The first-order chi connectivity index (χ1) is 14.4. The number of rotatable bonds is 5. The summed E-state index contributed by atoms with van der Waals surface area (Å²) in [5, 5.41) is 5.06. The van der Waals surface area contributed by atoms with Crippen molar-refractivity contribution in [2.75, 3.05) is 0 Å². The van der Waals surface area contributed by atoms with Gasteiger partial charge >= 0.3 is 5.69 Å². The quantitative estimate of drug-likeness (QED) is 0.489. The molecule has 0 bridgehead atoms. The summed E-state index contributed by atoms with van der Waals surface area (Å²) in [6, 6.07) is 18.3. The highest BCUT2D eigenvalue weighted by molar-refractivity contribution is 6.34. The molecule has 0 aliphatic heterocycles. The molecule has 6 nitrogen and oxygen atoms in total. The predicted molar refractivity (Wildman–Crippen MR) is 120 cm³/mol. The molecule has 0 spiro atoms. The summed E-state index contributed by atoms with van der Waals surface area (Å²) in [5.41, 5.74) is 2.80. The van der Waals surface area contributed by atoms with E-state index in [9.17, 15) is 9.59 Å². The molecule has 0 N–H and O–H groups in total. The summed E-state index contributed by atoms with van der Waals surface area (Å²) in [7, 11) is 1.47. The van der Waals surface area contributed by atoms with Gasteiger partial charge in [-0.05, 0) is 22.6 Å². The minimum atomic E-state index is -0.425. The Kier molecular flexibility index (Phi) is 5.35. The molecular formula is C23H23ClN4O2. The summed E-state index contributed by atoms with van der Waals surface area (Å²) in [4.78, 5) is 25.3.